The maximum atomic E-state index is 12.4. The van der Waals surface area contributed by atoms with Crippen molar-refractivity contribution in [2.45, 2.75) is 37.5 Å². The summed E-state index contributed by atoms with van der Waals surface area (Å²) in [6, 6.07) is 7.74. The molecule has 0 saturated carbocycles. The highest BCUT2D eigenvalue weighted by Crippen LogP contribution is 2.40. The summed E-state index contributed by atoms with van der Waals surface area (Å²) in [6.07, 6.45) is 2.24. The number of carbonyl (C=O) groups is 2. The van der Waals surface area contributed by atoms with E-state index in [2.05, 4.69) is 27.5 Å². The molecule has 2 aliphatic rings. The number of hydrogen-bond donors (Lipinski definition) is 0. The summed E-state index contributed by atoms with van der Waals surface area (Å²) in [7, 11) is 3.43. The van der Waals surface area contributed by atoms with E-state index >= 15 is 0 Å². The molecule has 0 amide bonds. The standard InChI is InChI=1S/C17H20INO4/c1-19-12-6-7-13(19)15(17(21)22-2)14(9-12)23-16(20)10-4-3-5-11(18)8-10/h3-5,8,12-15H,6-7,9H2,1-2H3/t12-,13+,14-,15+/m0/s1. The van der Waals surface area contributed by atoms with E-state index in [-0.39, 0.29) is 18.0 Å². The molecule has 0 aromatic heterocycles. The van der Waals surface area contributed by atoms with Gasteiger partial charge in [0.25, 0.3) is 0 Å². The Labute approximate surface area is 149 Å². The van der Waals surface area contributed by atoms with E-state index in [9.17, 15) is 9.59 Å². The number of esters is 2. The SMILES string of the molecule is COC(=O)[C@H]1[C@@H](OC(=O)c2cccc(I)c2)C[C@@H]2CC[C@H]1N2C. The molecule has 124 valence electrons. The second-order valence-electron chi connectivity index (χ2n) is 6.20. The maximum absolute atomic E-state index is 12.4. The van der Waals surface area contributed by atoms with Gasteiger partial charge in [0.2, 0.25) is 0 Å². The normalized spacial score (nSPS) is 30.0. The van der Waals surface area contributed by atoms with Crippen LogP contribution in [0.4, 0.5) is 0 Å². The lowest BCUT2D eigenvalue weighted by Crippen LogP contribution is -2.53. The molecule has 2 saturated heterocycles. The van der Waals surface area contributed by atoms with Crippen molar-refractivity contribution in [3.63, 3.8) is 0 Å². The van der Waals surface area contributed by atoms with Crippen molar-refractivity contribution in [1.82, 2.24) is 4.90 Å². The van der Waals surface area contributed by atoms with Gasteiger partial charge in [-0.2, -0.15) is 0 Å². The summed E-state index contributed by atoms with van der Waals surface area (Å²) in [4.78, 5) is 26.9. The Balaban J connectivity index is 1.80. The number of rotatable bonds is 3. The van der Waals surface area contributed by atoms with Gasteiger partial charge in [-0.3, -0.25) is 9.69 Å². The van der Waals surface area contributed by atoms with Crippen LogP contribution in [-0.2, 0) is 14.3 Å². The van der Waals surface area contributed by atoms with Crippen LogP contribution in [0.3, 0.4) is 0 Å². The number of ether oxygens (including phenoxy) is 2. The van der Waals surface area contributed by atoms with Crippen molar-refractivity contribution in [2.75, 3.05) is 14.2 Å². The molecule has 2 fully saturated rings. The Morgan fingerprint density at radius 2 is 2.09 bits per heavy atom. The molecule has 3 rings (SSSR count). The number of halogens is 1. The third-order valence-electron chi connectivity index (χ3n) is 5.01. The van der Waals surface area contributed by atoms with E-state index in [0.29, 0.717) is 18.0 Å². The van der Waals surface area contributed by atoms with Gasteiger partial charge in [-0.1, -0.05) is 6.07 Å². The smallest absolute Gasteiger partial charge is 0.338 e. The van der Waals surface area contributed by atoms with E-state index in [4.69, 9.17) is 9.47 Å². The van der Waals surface area contributed by atoms with Crippen molar-refractivity contribution in [1.29, 1.82) is 0 Å². The highest BCUT2D eigenvalue weighted by atomic mass is 127. The Bertz CT molecular complexity index is 620. The van der Waals surface area contributed by atoms with Crippen LogP contribution < -0.4 is 0 Å². The average molecular weight is 429 g/mol. The number of carbonyl (C=O) groups excluding carboxylic acids is 2. The highest BCUT2D eigenvalue weighted by Gasteiger charge is 2.50. The number of benzene rings is 1. The van der Waals surface area contributed by atoms with Crippen LogP contribution in [0.1, 0.15) is 29.6 Å². The fourth-order valence-electron chi connectivity index (χ4n) is 3.81. The van der Waals surface area contributed by atoms with Crippen LogP contribution in [0.2, 0.25) is 0 Å². The van der Waals surface area contributed by atoms with Crippen molar-refractivity contribution in [3.8, 4) is 0 Å². The van der Waals surface area contributed by atoms with Gasteiger partial charge in [0.05, 0.1) is 12.7 Å². The van der Waals surface area contributed by atoms with Gasteiger partial charge in [-0.25, -0.2) is 4.79 Å². The molecular formula is C17H20INO4. The average Bonchev–Trinajstić information content (AvgIpc) is 2.78. The Morgan fingerprint density at radius 3 is 2.78 bits per heavy atom. The molecular weight excluding hydrogens is 409 g/mol. The van der Waals surface area contributed by atoms with E-state index in [1.807, 2.05) is 19.2 Å². The quantitative estimate of drug-likeness (QED) is 0.546. The molecule has 4 atom stereocenters. The molecule has 0 unspecified atom stereocenters. The molecule has 2 aliphatic heterocycles. The van der Waals surface area contributed by atoms with Crippen LogP contribution in [0.25, 0.3) is 0 Å². The molecule has 2 bridgehead atoms. The minimum atomic E-state index is -0.415. The molecule has 1 aromatic rings. The zero-order chi connectivity index (χ0) is 16.6. The van der Waals surface area contributed by atoms with Crippen molar-refractivity contribution in [2.24, 2.45) is 5.92 Å². The number of hydrogen-bond acceptors (Lipinski definition) is 5. The fourth-order valence-corrected chi connectivity index (χ4v) is 4.35. The molecule has 1 aromatic carbocycles. The lowest BCUT2D eigenvalue weighted by atomic mass is 9.87. The van der Waals surface area contributed by atoms with Crippen LogP contribution in [0, 0.1) is 9.49 Å². The first-order valence-corrected chi connectivity index (χ1v) is 8.85. The topological polar surface area (TPSA) is 55.8 Å². The first kappa shape index (κ1) is 16.7. The third-order valence-corrected chi connectivity index (χ3v) is 5.68. The van der Waals surface area contributed by atoms with Crippen LogP contribution in [0.15, 0.2) is 24.3 Å². The van der Waals surface area contributed by atoms with E-state index in [0.717, 1.165) is 16.4 Å². The zero-order valence-electron chi connectivity index (χ0n) is 13.2. The van der Waals surface area contributed by atoms with Crippen molar-refractivity contribution >= 4 is 34.5 Å². The van der Waals surface area contributed by atoms with E-state index in [1.54, 1.807) is 12.1 Å². The second-order valence-corrected chi connectivity index (χ2v) is 7.45. The van der Waals surface area contributed by atoms with Crippen molar-refractivity contribution in [3.05, 3.63) is 33.4 Å². The van der Waals surface area contributed by atoms with Gasteiger partial charge in [0, 0.05) is 22.1 Å². The summed E-state index contributed by atoms with van der Waals surface area (Å²) < 4.78 is 11.7. The first-order chi connectivity index (χ1) is 11.0. The monoisotopic (exact) mass is 429 g/mol. The van der Waals surface area contributed by atoms with E-state index < -0.39 is 12.0 Å². The molecule has 0 radical (unpaired) electrons. The highest BCUT2D eigenvalue weighted by molar-refractivity contribution is 14.1. The van der Waals surface area contributed by atoms with Gasteiger partial charge in [-0.05, 0) is 60.7 Å². The van der Waals surface area contributed by atoms with Gasteiger partial charge >= 0.3 is 11.9 Å². The molecule has 5 nitrogen and oxygen atoms in total. The minimum absolute atomic E-state index is 0.0925. The van der Waals surface area contributed by atoms with Crippen LogP contribution in [0.5, 0.6) is 0 Å². The summed E-state index contributed by atoms with van der Waals surface area (Å²) in [5.74, 6) is -1.07. The first-order valence-electron chi connectivity index (χ1n) is 7.77. The predicted molar refractivity (Wildman–Crippen MR) is 93.1 cm³/mol. The zero-order valence-corrected chi connectivity index (χ0v) is 15.4. The Hall–Kier alpha value is -1.15. The summed E-state index contributed by atoms with van der Waals surface area (Å²) in [6.45, 7) is 0. The second kappa shape index (κ2) is 6.76. The van der Waals surface area contributed by atoms with Gasteiger partial charge in [-0.15, -0.1) is 0 Å². The number of nitrogens with zero attached hydrogens (tertiary/aromatic N) is 1. The third kappa shape index (κ3) is 3.24. The number of piperidine rings is 1. The summed E-state index contributed by atoms with van der Waals surface area (Å²) in [5, 5.41) is 0. The van der Waals surface area contributed by atoms with Crippen LogP contribution in [-0.4, -0.2) is 49.2 Å². The van der Waals surface area contributed by atoms with Crippen LogP contribution >= 0.6 is 22.6 Å². The molecule has 23 heavy (non-hydrogen) atoms. The van der Waals surface area contributed by atoms with E-state index in [1.165, 1.54) is 7.11 Å². The van der Waals surface area contributed by atoms with Gasteiger partial charge < -0.3 is 9.47 Å². The molecule has 6 heteroatoms. The lowest BCUT2D eigenvalue weighted by Gasteiger charge is -2.40. The molecule has 0 spiro atoms. The maximum Gasteiger partial charge on any atom is 0.338 e. The summed E-state index contributed by atoms with van der Waals surface area (Å²) >= 11 is 2.16. The number of fused-ring (bicyclic) bond motifs is 2. The number of methoxy groups -OCH3 is 1. The predicted octanol–water partition coefficient (Wildman–Crippen LogP) is 2.47. The molecule has 0 N–H and O–H groups in total. The minimum Gasteiger partial charge on any atom is -0.469 e. The largest absolute Gasteiger partial charge is 0.469 e. The van der Waals surface area contributed by atoms with Gasteiger partial charge in [0.1, 0.15) is 12.0 Å². The van der Waals surface area contributed by atoms with Crippen molar-refractivity contribution < 1.29 is 19.1 Å². The summed E-state index contributed by atoms with van der Waals surface area (Å²) in [5.41, 5.74) is 0.520. The Kier molecular flexibility index (Phi) is 4.91. The molecule has 0 aliphatic carbocycles. The van der Waals surface area contributed by atoms with Gasteiger partial charge in [0.15, 0.2) is 0 Å². The fraction of sp³-hybridized carbons (Fsp3) is 0.529. The lowest BCUT2D eigenvalue weighted by molar-refractivity contribution is -0.156. The molecule has 2 heterocycles. The Morgan fingerprint density at radius 1 is 1.30 bits per heavy atom.